The summed E-state index contributed by atoms with van der Waals surface area (Å²) in [4.78, 5) is 35.9. The minimum atomic E-state index is -1.22. The highest BCUT2D eigenvalue weighted by Crippen LogP contribution is 2.04. The van der Waals surface area contributed by atoms with Crippen molar-refractivity contribution in [3.63, 3.8) is 0 Å². The molecule has 1 rings (SSSR count). The molecule has 0 radical (unpaired) electrons. The Morgan fingerprint density at radius 3 is 2.03 bits per heavy atom. The molecule has 0 aliphatic rings. The molecule has 0 bridgehead atoms. The molecule has 1 aromatic rings. The van der Waals surface area contributed by atoms with Crippen LogP contribution in [-0.4, -0.2) is 58.7 Å². The lowest BCUT2D eigenvalue weighted by atomic mass is 10.1. The molecule has 7 N–H and O–H groups in total. The molecule has 0 saturated heterocycles. The maximum absolute atomic E-state index is 12.5. The van der Waals surface area contributed by atoms with Crippen LogP contribution in [0.5, 0.6) is 0 Å². The summed E-state index contributed by atoms with van der Waals surface area (Å²) in [5.74, 6) is -1.90. The summed E-state index contributed by atoms with van der Waals surface area (Å²) in [5.41, 5.74) is 4.65. The van der Waals surface area contributed by atoms with Gasteiger partial charge in [0.2, 0.25) is 5.91 Å². The first-order valence-corrected chi connectivity index (χ1v) is 9.22. The zero-order valence-corrected chi connectivity index (χ0v) is 16.0. The maximum atomic E-state index is 12.5. The van der Waals surface area contributed by atoms with Crippen molar-refractivity contribution in [1.29, 1.82) is 0 Å². The lowest BCUT2D eigenvalue weighted by molar-refractivity contribution is -0.142. The predicted octanol–water partition coefficient (Wildman–Crippen LogP) is 0.369. The van der Waals surface area contributed by atoms with Gasteiger partial charge in [0.15, 0.2) is 0 Å². The van der Waals surface area contributed by atoms with Crippen molar-refractivity contribution < 1.29 is 34.6 Å². The maximum Gasteiger partial charge on any atom is 0.408 e. The highest BCUT2D eigenvalue weighted by atomic mass is 16.5. The third-order valence-corrected chi connectivity index (χ3v) is 4.00. The molecule has 1 aromatic carbocycles. The Kier molecular flexibility index (Phi) is 12.0. The Morgan fingerprint density at radius 1 is 0.897 bits per heavy atom. The third-order valence-electron chi connectivity index (χ3n) is 4.00. The first kappa shape index (κ1) is 24.3. The van der Waals surface area contributed by atoms with Crippen LogP contribution in [0, 0.1) is 0 Å². The van der Waals surface area contributed by atoms with Gasteiger partial charge in [0.05, 0.1) is 0 Å². The molecule has 0 heterocycles. The highest BCUT2D eigenvalue weighted by molar-refractivity contribution is 5.89. The van der Waals surface area contributed by atoms with E-state index in [4.69, 9.17) is 15.2 Å². The SMILES string of the molecule is O=C(N[C@@H](CCCNO)C(=O)N[C@@H](CCCNO)C(=O)O)OCc1ccccc1. The molecule has 11 nitrogen and oxygen atoms in total. The Morgan fingerprint density at radius 2 is 1.48 bits per heavy atom. The summed E-state index contributed by atoms with van der Waals surface area (Å²) < 4.78 is 5.10. The standard InChI is InChI=1S/C18H28N4O7/c23-16(21-15(17(24)25)9-5-11-20-28)14(8-4-10-19-27)22-18(26)29-12-13-6-2-1-3-7-13/h1-3,6-7,14-15,19-20,27-28H,4-5,8-12H2,(H,21,23)(H,22,26)(H,24,25)/t14-,15-/m0/s1. The molecule has 162 valence electrons. The lowest BCUT2D eigenvalue weighted by Gasteiger charge is -2.21. The topological polar surface area (TPSA) is 169 Å². The molecule has 0 fully saturated rings. The number of benzene rings is 1. The summed E-state index contributed by atoms with van der Waals surface area (Å²) in [6.07, 6.45) is 0.101. The number of hydrogen-bond acceptors (Lipinski definition) is 8. The van der Waals surface area contributed by atoms with E-state index in [0.29, 0.717) is 12.8 Å². The number of carboxylic acid groups (broad SMARTS) is 1. The fraction of sp³-hybridized carbons (Fsp3) is 0.500. The summed E-state index contributed by atoms with van der Waals surface area (Å²) >= 11 is 0. The van der Waals surface area contributed by atoms with E-state index in [9.17, 15) is 19.5 Å². The Labute approximate surface area is 168 Å². The van der Waals surface area contributed by atoms with E-state index < -0.39 is 30.1 Å². The number of alkyl carbamates (subject to hydrolysis) is 1. The van der Waals surface area contributed by atoms with E-state index >= 15 is 0 Å². The fourth-order valence-corrected chi connectivity index (χ4v) is 2.48. The van der Waals surface area contributed by atoms with Crippen LogP contribution in [-0.2, 0) is 20.9 Å². The Bertz CT molecular complexity index is 630. The molecule has 29 heavy (non-hydrogen) atoms. The quantitative estimate of drug-likeness (QED) is 0.168. The lowest BCUT2D eigenvalue weighted by Crippen LogP contribution is -2.51. The second kappa shape index (κ2) is 14.3. The van der Waals surface area contributed by atoms with E-state index in [2.05, 4.69) is 10.6 Å². The number of hydrogen-bond donors (Lipinski definition) is 7. The number of rotatable bonds is 14. The largest absolute Gasteiger partial charge is 0.480 e. The Balaban J connectivity index is 2.64. The zero-order valence-electron chi connectivity index (χ0n) is 16.0. The average Bonchev–Trinajstić information content (AvgIpc) is 2.71. The zero-order chi connectivity index (χ0) is 21.5. The van der Waals surface area contributed by atoms with Crippen molar-refractivity contribution in [1.82, 2.24) is 21.6 Å². The normalized spacial score (nSPS) is 12.6. The van der Waals surface area contributed by atoms with Gasteiger partial charge in [-0.15, -0.1) is 0 Å². The molecule has 0 saturated carbocycles. The first-order valence-electron chi connectivity index (χ1n) is 9.22. The molecule has 0 aromatic heterocycles. The smallest absolute Gasteiger partial charge is 0.408 e. The molecule has 0 spiro atoms. The van der Waals surface area contributed by atoms with Gasteiger partial charge in [-0.1, -0.05) is 30.3 Å². The van der Waals surface area contributed by atoms with E-state index in [1.807, 2.05) is 17.0 Å². The van der Waals surface area contributed by atoms with Gasteiger partial charge in [0.1, 0.15) is 18.7 Å². The monoisotopic (exact) mass is 412 g/mol. The number of aliphatic carboxylic acids is 1. The summed E-state index contributed by atoms with van der Waals surface area (Å²) in [5, 5.41) is 31.3. The van der Waals surface area contributed by atoms with E-state index in [1.54, 1.807) is 24.3 Å². The van der Waals surface area contributed by atoms with Crippen LogP contribution in [0.15, 0.2) is 30.3 Å². The Hall–Kier alpha value is -2.73. The molecule has 2 atom stereocenters. The van der Waals surface area contributed by atoms with Crippen LogP contribution < -0.4 is 21.6 Å². The molecule has 0 aliphatic heterocycles. The number of nitrogens with one attached hydrogen (secondary N) is 4. The molecule has 0 unspecified atom stereocenters. The van der Waals surface area contributed by atoms with Crippen LogP contribution >= 0.6 is 0 Å². The van der Waals surface area contributed by atoms with Gasteiger partial charge in [0.25, 0.3) is 0 Å². The van der Waals surface area contributed by atoms with E-state index in [-0.39, 0.29) is 32.5 Å². The van der Waals surface area contributed by atoms with Crippen molar-refractivity contribution >= 4 is 18.0 Å². The van der Waals surface area contributed by atoms with Crippen molar-refractivity contribution in [3.8, 4) is 0 Å². The van der Waals surface area contributed by atoms with E-state index in [1.165, 1.54) is 0 Å². The summed E-state index contributed by atoms with van der Waals surface area (Å²) in [6.45, 7) is 0.384. The van der Waals surface area contributed by atoms with Crippen LogP contribution in [0.4, 0.5) is 4.79 Å². The number of hydroxylamine groups is 2. The fourth-order valence-electron chi connectivity index (χ4n) is 2.48. The van der Waals surface area contributed by atoms with Gasteiger partial charge in [-0.05, 0) is 31.2 Å². The number of carbonyl (C=O) groups is 3. The van der Waals surface area contributed by atoms with Gasteiger partial charge >= 0.3 is 12.1 Å². The van der Waals surface area contributed by atoms with Gasteiger partial charge in [-0.3, -0.25) is 4.79 Å². The summed E-state index contributed by atoms with van der Waals surface area (Å²) in [7, 11) is 0. The van der Waals surface area contributed by atoms with Gasteiger partial charge in [-0.2, -0.15) is 0 Å². The molecular formula is C18H28N4O7. The molecule has 2 amide bonds. The van der Waals surface area contributed by atoms with Crippen molar-refractivity contribution in [2.45, 2.75) is 44.4 Å². The number of carbonyl (C=O) groups excluding carboxylic acids is 2. The van der Waals surface area contributed by atoms with Gasteiger partial charge in [0, 0.05) is 13.1 Å². The van der Waals surface area contributed by atoms with Gasteiger partial charge in [-0.25, -0.2) is 20.5 Å². The average molecular weight is 412 g/mol. The van der Waals surface area contributed by atoms with Crippen LogP contribution in [0.2, 0.25) is 0 Å². The minimum Gasteiger partial charge on any atom is -0.480 e. The van der Waals surface area contributed by atoms with E-state index in [0.717, 1.165) is 5.56 Å². The second-order valence-corrected chi connectivity index (χ2v) is 6.26. The second-order valence-electron chi connectivity index (χ2n) is 6.26. The van der Waals surface area contributed by atoms with Crippen molar-refractivity contribution in [2.24, 2.45) is 0 Å². The minimum absolute atomic E-state index is 0.0190. The first-order chi connectivity index (χ1) is 14.0. The summed E-state index contributed by atoms with van der Waals surface area (Å²) in [6, 6.07) is 6.78. The van der Waals surface area contributed by atoms with Crippen molar-refractivity contribution in [3.05, 3.63) is 35.9 Å². The number of amides is 2. The third kappa shape index (κ3) is 10.4. The molecule has 11 heteroatoms. The van der Waals surface area contributed by atoms with Crippen molar-refractivity contribution in [2.75, 3.05) is 13.1 Å². The van der Waals surface area contributed by atoms with Crippen LogP contribution in [0.3, 0.4) is 0 Å². The molecule has 0 aliphatic carbocycles. The predicted molar refractivity (Wildman–Crippen MR) is 101 cm³/mol. The number of carboxylic acids is 1. The number of ether oxygens (including phenoxy) is 1. The molecular weight excluding hydrogens is 384 g/mol. The van der Waals surface area contributed by atoms with Gasteiger partial charge < -0.3 is 30.9 Å². The van der Waals surface area contributed by atoms with Crippen LogP contribution in [0.25, 0.3) is 0 Å². The highest BCUT2D eigenvalue weighted by Gasteiger charge is 2.26. The van der Waals surface area contributed by atoms with Crippen LogP contribution in [0.1, 0.15) is 31.2 Å².